The second kappa shape index (κ2) is 5.94. The number of hydrogen-bond donors (Lipinski definition) is 1. The summed E-state index contributed by atoms with van der Waals surface area (Å²) in [6.07, 6.45) is 3.89. The van der Waals surface area contributed by atoms with Gasteiger partial charge in [0.2, 0.25) is 5.91 Å². The summed E-state index contributed by atoms with van der Waals surface area (Å²) in [7, 11) is 0. The Morgan fingerprint density at radius 2 is 2.09 bits per heavy atom. The zero-order chi connectivity index (χ0) is 15.7. The number of carbonyl (C=O) groups excluding carboxylic acids is 2. The Bertz CT molecular complexity index is 661. The fourth-order valence-electron chi connectivity index (χ4n) is 2.92. The first kappa shape index (κ1) is 14.8. The van der Waals surface area contributed by atoms with Crippen LogP contribution in [0.1, 0.15) is 53.3 Å². The summed E-state index contributed by atoms with van der Waals surface area (Å²) in [5.74, 6) is 0.376. The highest BCUT2D eigenvalue weighted by Gasteiger charge is 2.28. The van der Waals surface area contributed by atoms with Crippen LogP contribution in [0, 0.1) is 6.92 Å². The van der Waals surface area contributed by atoms with Crippen molar-refractivity contribution >= 4 is 11.8 Å². The Balaban J connectivity index is 1.88. The minimum Gasteiger partial charge on any atom is -0.427 e. The maximum absolute atomic E-state index is 12.6. The van der Waals surface area contributed by atoms with Gasteiger partial charge in [0, 0.05) is 19.0 Å². The third-order valence-electron chi connectivity index (χ3n) is 4.44. The van der Waals surface area contributed by atoms with Crippen molar-refractivity contribution in [3.63, 3.8) is 0 Å². The molecule has 1 aromatic rings. The van der Waals surface area contributed by atoms with E-state index in [2.05, 4.69) is 5.32 Å². The molecule has 0 radical (unpaired) electrons. The number of nitrogens with one attached hydrogen (secondary N) is 1. The molecule has 1 aliphatic heterocycles. The Morgan fingerprint density at radius 1 is 1.32 bits per heavy atom. The second-order valence-electron chi connectivity index (χ2n) is 6.05. The summed E-state index contributed by atoms with van der Waals surface area (Å²) in [5, 5.41) is 2.71. The highest BCUT2D eigenvalue weighted by atomic mass is 16.4. The zero-order valence-electron chi connectivity index (χ0n) is 12.7. The van der Waals surface area contributed by atoms with Gasteiger partial charge in [-0.2, -0.15) is 0 Å². The Labute approximate surface area is 128 Å². The van der Waals surface area contributed by atoms with Crippen molar-refractivity contribution in [3.05, 3.63) is 33.4 Å². The molecule has 3 rings (SSSR count). The van der Waals surface area contributed by atoms with Gasteiger partial charge in [-0.15, -0.1) is 0 Å². The summed E-state index contributed by atoms with van der Waals surface area (Å²) in [6, 6.07) is 1.80. The van der Waals surface area contributed by atoms with E-state index in [4.69, 9.17) is 4.42 Å². The summed E-state index contributed by atoms with van der Waals surface area (Å²) < 4.78 is 5.36. The van der Waals surface area contributed by atoms with Crippen molar-refractivity contribution in [2.24, 2.45) is 0 Å². The van der Waals surface area contributed by atoms with Crippen LogP contribution in [0.4, 0.5) is 0 Å². The summed E-state index contributed by atoms with van der Waals surface area (Å²) in [4.78, 5) is 37.8. The lowest BCUT2D eigenvalue weighted by Gasteiger charge is -2.25. The molecule has 0 spiro atoms. The van der Waals surface area contributed by atoms with Gasteiger partial charge in [-0.1, -0.05) is 6.42 Å². The lowest BCUT2D eigenvalue weighted by Crippen LogP contribution is -2.39. The van der Waals surface area contributed by atoms with Gasteiger partial charge >= 0.3 is 5.63 Å². The summed E-state index contributed by atoms with van der Waals surface area (Å²) in [6.45, 7) is 2.75. The molecule has 2 fully saturated rings. The van der Waals surface area contributed by atoms with Crippen molar-refractivity contribution in [3.8, 4) is 0 Å². The third-order valence-corrected chi connectivity index (χ3v) is 4.44. The average molecular weight is 304 g/mol. The molecular weight excluding hydrogens is 284 g/mol. The van der Waals surface area contributed by atoms with Crippen molar-refractivity contribution < 1.29 is 14.0 Å². The molecule has 0 unspecified atom stereocenters. The van der Waals surface area contributed by atoms with E-state index in [1.165, 1.54) is 4.90 Å². The van der Waals surface area contributed by atoms with Crippen molar-refractivity contribution in [2.75, 3.05) is 19.6 Å². The molecule has 0 aromatic carbocycles. The normalized spacial score (nSPS) is 19.3. The number of aryl methyl sites for hydroxylation is 1. The summed E-state index contributed by atoms with van der Waals surface area (Å²) in [5.41, 5.74) is 0.0992. The number of amides is 2. The quantitative estimate of drug-likeness (QED) is 0.889. The minimum absolute atomic E-state index is 0.0118. The predicted molar refractivity (Wildman–Crippen MR) is 79.8 cm³/mol. The molecule has 1 aliphatic carbocycles. The van der Waals surface area contributed by atoms with Crippen molar-refractivity contribution in [2.45, 2.75) is 38.5 Å². The SMILES string of the molecule is Cc1cc(C2CCC2)oc(=O)c1C(=O)N1CCCNC(=O)C1. The second-order valence-corrected chi connectivity index (χ2v) is 6.05. The van der Waals surface area contributed by atoms with E-state index < -0.39 is 11.5 Å². The Morgan fingerprint density at radius 3 is 2.73 bits per heavy atom. The van der Waals surface area contributed by atoms with Gasteiger partial charge in [-0.25, -0.2) is 4.79 Å². The van der Waals surface area contributed by atoms with Crippen LogP contribution in [-0.2, 0) is 4.79 Å². The standard InChI is InChI=1S/C16H20N2O4/c1-10-8-12(11-4-2-5-11)22-16(21)14(10)15(20)18-7-3-6-17-13(19)9-18/h8,11H,2-7,9H2,1H3,(H,17,19). The number of carbonyl (C=O) groups is 2. The van der Waals surface area contributed by atoms with E-state index in [0.29, 0.717) is 36.8 Å². The van der Waals surface area contributed by atoms with Crippen LogP contribution in [0.5, 0.6) is 0 Å². The molecule has 1 N–H and O–H groups in total. The maximum Gasteiger partial charge on any atom is 0.349 e. The van der Waals surface area contributed by atoms with Crippen molar-refractivity contribution in [1.29, 1.82) is 0 Å². The van der Waals surface area contributed by atoms with Crippen molar-refractivity contribution in [1.82, 2.24) is 10.2 Å². The molecule has 1 saturated carbocycles. The zero-order valence-corrected chi connectivity index (χ0v) is 12.7. The molecule has 6 heteroatoms. The van der Waals surface area contributed by atoms with Crippen LogP contribution in [0.3, 0.4) is 0 Å². The van der Waals surface area contributed by atoms with Crippen LogP contribution in [0.2, 0.25) is 0 Å². The van der Waals surface area contributed by atoms with E-state index >= 15 is 0 Å². The molecule has 2 heterocycles. The van der Waals surface area contributed by atoms with Gasteiger partial charge < -0.3 is 14.6 Å². The average Bonchev–Trinajstić information content (AvgIpc) is 2.60. The smallest absolute Gasteiger partial charge is 0.349 e. The van der Waals surface area contributed by atoms with Crippen LogP contribution >= 0.6 is 0 Å². The molecule has 6 nitrogen and oxygen atoms in total. The van der Waals surface area contributed by atoms with Crippen LogP contribution in [-0.4, -0.2) is 36.3 Å². The topological polar surface area (TPSA) is 79.6 Å². The van der Waals surface area contributed by atoms with E-state index in [1.54, 1.807) is 13.0 Å². The van der Waals surface area contributed by atoms with E-state index in [0.717, 1.165) is 19.3 Å². The van der Waals surface area contributed by atoms with Gasteiger partial charge in [0.25, 0.3) is 5.91 Å². The molecule has 22 heavy (non-hydrogen) atoms. The van der Waals surface area contributed by atoms with Crippen LogP contribution < -0.4 is 10.9 Å². The van der Waals surface area contributed by atoms with Gasteiger partial charge in [0.05, 0.1) is 6.54 Å². The number of rotatable bonds is 2. The third kappa shape index (κ3) is 2.77. The first-order valence-electron chi connectivity index (χ1n) is 7.77. The molecule has 0 bridgehead atoms. The fraction of sp³-hybridized carbons (Fsp3) is 0.562. The van der Waals surface area contributed by atoms with E-state index in [9.17, 15) is 14.4 Å². The Kier molecular flexibility index (Phi) is 4.00. The molecule has 2 amide bonds. The van der Waals surface area contributed by atoms with Gasteiger partial charge in [0.15, 0.2) is 0 Å². The summed E-state index contributed by atoms with van der Waals surface area (Å²) >= 11 is 0. The predicted octanol–water partition coefficient (Wildman–Crippen LogP) is 1.18. The maximum atomic E-state index is 12.6. The largest absolute Gasteiger partial charge is 0.427 e. The van der Waals surface area contributed by atoms with E-state index in [1.807, 2.05) is 0 Å². The molecule has 1 aromatic heterocycles. The minimum atomic E-state index is -0.587. The molecule has 1 saturated heterocycles. The highest BCUT2D eigenvalue weighted by molar-refractivity contribution is 5.97. The fourth-order valence-corrected chi connectivity index (χ4v) is 2.92. The first-order chi connectivity index (χ1) is 10.6. The molecule has 2 aliphatic rings. The lowest BCUT2D eigenvalue weighted by molar-refractivity contribution is -0.121. The number of hydrogen-bond acceptors (Lipinski definition) is 4. The van der Waals surface area contributed by atoms with Crippen LogP contribution in [0.15, 0.2) is 15.3 Å². The highest BCUT2D eigenvalue weighted by Crippen LogP contribution is 2.36. The van der Waals surface area contributed by atoms with Gasteiger partial charge in [-0.05, 0) is 37.8 Å². The Hall–Kier alpha value is -2.11. The lowest BCUT2D eigenvalue weighted by atomic mass is 9.83. The molecular formula is C16H20N2O4. The van der Waals surface area contributed by atoms with E-state index in [-0.39, 0.29) is 18.0 Å². The van der Waals surface area contributed by atoms with Gasteiger partial charge in [-0.3, -0.25) is 9.59 Å². The van der Waals surface area contributed by atoms with Crippen LogP contribution in [0.25, 0.3) is 0 Å². The monoisotopic (exact) mass is 304 g/mol. The first-order valence-corrected chi connectivity index (χ1v) is 7.77. The molecule has 0 atom stereocenters. The number of nitrogens with zero attached hydrogens (tertiary/aromatic N) is 1. The molecule has 118 valence electrons. The van der Waals surface area contributed by atoms with Gasteiger partial charge in [0.1, 0.15) is 11.3 Å².